The van der Waals surface area contributed by atoms with Crippen molar-refractivity contribution in [3.63, 3.8) is 0 Å². The van der Waals surface area contributed by atoms with Crippen molar-refractivity contribution in [2.24, 2.45) is 5.92 Å². The summed E-state index contributed by atoms with van der Waals surface area (Å²) in [5.41, 5.74) is -0.138. The van der Waals surface area contributed by atoms with Gasteiger partial charge in [0.1, 0.15) is 36.2 Å². The summed E-state index contributed by atoms with van der Waals surface area (Å²) in [4.78, 5) is 16.7. The van der Waals surface area contributed by atoms with Crippen LogP contribution in [-0.4, -0.2) is 34.2 Å². The fourth-order valence-electron chi connectivity index (χ4n) is 5.15. The molecule has 2 heterocycles. The first-order chi connectivity index (χ1) is 18.3. The average Bonchev–Trinajstić information content (AvgIpc) is 3.67. The van der Waals surface area contributed by atoms with Crippen LogP contribution in [0.5, 0.6) is 0 Å². The second kappa shape index (κ2) is 10.8. The molecule has 2 aromatic heterocycles. The zero-order valence-electron chi connectivity index (χ0n) is 21.1. The molecule has 1 saturated carbocycles. The van der Waals surface area contributed by atoms with Crippen molar-refractivity contribution in [2.45, 2.75) is 57.2 Å². The first kappa shape index (κ1) is 25.7. The monoisotopic (exact) mass is 520 g/mol. The van der Waals surface area contributed by atoms with E-state index in [1.807, 2.05) is 43.3 Å². The van der Waals surface area contributed by atoms with Crippen LogP contribution in [0.3, 0.4) is 0 Å². The number of rotatable bonds is 9. The van der Waals surface area contributed by atoms with Gasteiger partial charge in [-0.1, -0.05) is 50.1 Å². The van der Waals surface area contributed by atoms with Gasteiger partial charge in [-0.15, -0.1) is 0 Å². The normalized spacial score (nSPS) is 16.7. The fourth-order valence-corrected chi connectivity index (χ4v) is 5.15. The molecule has 1 N–H and O–H groups in total. The number of allylic oxidation sites excluding steroid dienone is 1. The Hall–Kier alpha value is -3.92. The summed E-state index contributed by atoms with van der Waals surface area (Å²) in [6.07, 6.45) is 12.8. The van der Waals surface area contributed by atoms with Gasteiger partial charge >= 0.3 is 5.69 Å². The van der Waals surface area contributed by atoms with E-state index in [0.717, 1.165) is 49.1 Å². The van der Waals surface area contributed by atoms with Crippen LogP contribution in [0, 0.1) is 17.6 Å². The van der Waals surface area contributed by atoms with Crippen LogP contribution in [0.1, 0.15) is 56.2 Å². The first-order valence-electron chi connectivity index (χ1n) is 12.8. The van der Waals surface area contributed by atoms with Crippen molar-refractivity contribution in [2.75, 3.05) is 0 Å². The third-order valence-corrected chi connectivity index (χ3v) is 7.42. The van der Waals surface area contributed by atoms with E-state index < -0.39 is 23.2 Å². The third kappa shape index (κ3) is 5.22. The highest BCUT2D eigenvalue weighted by Crippen LogP contribution is 2.36. The van der Waals surface area contributed by atoms with Crippen LogP contribution in [-0.2, 0) is 12.1 Å². The Morgan fingerprint density at radius 2 is 1.87 bits per heavy atom. The zero-order chi connectivity index (χ0) is 26.7. The molecule has 2 aromatic carbocycles. The smallest absolute Gasteiger partial charge is 0.350 e. The molecular weight excluding hydrogens is 490 g/mol. The molecule has 1 aliphatic carbocycles. The van der Waals surface area contributed by atoms with Crippen LogP contribution in [0.15, 0.2) is 72.3 Å². The zero-order valence-corrected chi connectivity index (χ0v) is 21.1. The summed E-state index contributed by atoms with van der Waals surface area (Å²) in [5, 5.41) is 20.0. The number of aromatic nitrogens is 6. The van der Waals surface area contributed by atoms with E-state index in [9.17, 15) is 18.7 Å². The number of hydrogen-bond donors (Lipinski definition) is 1. The van der Waals surface area contributed by atoms with Crippen molar-refractivity contribution in [3.8, 4) is 5.69 Å². The van der Waals surface area contributed by atoms with Gasteiger partial charge in [0.25, 0.3) is 0 Å². The number of nitrogens with zero attached hydrogens (tertiary/aromatic N) is 6. The molecule has 0 saturated heterocycles. The van der Waals surface area contributed by atoms with Gasteiger partial charge in [-0.3, -0.25) is 0 Å². The number of hydrogen-bond acceptors (Lipinski definition) is 5. The van der Waals surface area contributed by atoms with Crippen molar-refractivity contribution < 1.29 is 13.9 Å². The second-order valence-electron chi connectivity index (χ2n) is 9.94. The lowest BCUT2D eigenvalue weighted by Gasteiger charge is -2.34. The number of benzene rings is 2. The van der Waals surface area contributed by atoms with Gasteiger partial charge in [-0.2, -0.15) is 10.2 Å². The van der Waals surface area contributed by atoms with Crippen LogP contribution >= 0.6 is 0 Å². The second-order valence-corrected chi connectivity index (χ2v) is 9.94. The molecule has 2 atom stereocenters. The summed E-state index contributed by atoms with van der Waals surface area (Å²) in [6.45, 7) is 1.77. The van der Waals surface area contributed by atoms with E-state index in [2.05, 4.69) is 15.2 Å². The van der Waals surface area contributed by atoms with Crippen LogP contribution < -0.4 is 5.69 Å². The molecule has 0 unspecified atom stereocenters. The van der Waals surface area contributed by atoms with E-state index >= 15 is 0 Å². The maximum Gasteiger partial charge on any atom is 0.350 e. The summed E-state index contributed by atoms with van der Waals surface area (Å²) in [6, 6.07) is 10.9. The minimum absolute atomic E-state index is 0.00300. The number of halogens is 2. The molecule has 1 fully saturated rings. The van der Waals surface area contributed by atoms with Gasteiger partial charge in [-0.25, -0.2) is 32.5 Å². The molecule has 38 heavy (non-hydrogen) atoms. The Balaban J connectivity index is 1.30. The van der Waals surface area contributed by atoms with Crippen molar-refractivity contribution in [1.82, 2.24) is 29.1 Å². The molecule has 0 bridgehead atoms. The van der Waals surface area contributed by atoms with Crippen molar-refractivity contribution in [3.05, 3.63) is 101 Å². The Labute approximate surface area is 218 Å². The molecule has 5 rings (SSSR count). The Bertz CT molecular complexity index is 1460. The average molecular weight is 521 g/mol. The molecule has 8 nitrogen and oxygen atoms in total. The maximum absolute atomic E-state index is 14.7. The summed E-state index contributed by atoms with van der Waals surface area (Å²) < 4.78 is 32.8. The number of aliphatic hydroxyl groups is 1. The van der Waals surface area contributed by atoms with Gasteiger partial charge < -0.3 is 5.11 Å². The van der Waals surface area contributed by atoms with Gasteiger partial charge in [0.15, 0.2) is 0 Å². The summed E-state index contributed by atoms with van der Waals surface area (Å²) in [7, 11) is 0. The summed E-state index contributed by atoms with van der Waals surface area (Å²) in [5.74, 6) is -1.97. The Morgan fingerprint density at radius 1 is 1.11 bits per heavy atom. The highest BCUT2D eigenvalue weighted by Gasteiger charge is 2.38. The molecule has 0 amide bonds. The highest BCUT2D eigenvalue weighted by molar-refractivity contribution is 5.51. The van der Waals surface area contributed by atoms with Gasteiger partial charge in [-0.05, 0) is 48.9 Å². The minimum atomic E-state index is -1.65. The van der Waals surface area contributed by atoms with E-state index in [1.165, 1.54) is 23.4 Å². The maximum atomic E-state index is 14.7. The van der Waals surface area contributed by atoms with E-state index in [4.69, 9.17) is 0 Å². The van der Waals surface area contributed by atoms with Crippen LogP contribution in [0.2, 0.25) is 0 Å². The quantitative estimate of drug-likeness (QED) is 0.347. The van der Waals surface area contributed by atoms with E-state index in [0.29, 0.717) is 6.42 Å². The molecule has 1 aliphatic rings. The lowest BCUT2D eigenvalue weighted by atomic mass is 9.80. The predicted molar refractivity (Wildman–Crippen MR) is 138 cm³/mol. The molecule has 0 radical (unpaired) electrons. The molecular formula is C28H30F2N6O2. The van der Waals surface area contributed by atoms with E-state index in [1.54, 1.807) is 15.6 Å². The summed E-state index contributed by atoms with van der Waals surface area (Å²) >= 11 is 0. The molecule has 10 heteroatoms. The Kier molecular flexibility index (Phi) is 7.33. The van der Waals surface area contributed by atoms with E-state index in [-0.39, 0.29) is 23.8 Å². The predicted octanol–water partition coefficient (Wildman–Crippen LogP) is 4.65. The standard InChI is InChI=1S/C28H30F2N6O2/c1-20(28(38,16-34-18-31-17-32-34)25-14-11-22(29)15-26(25)30)5-4-6-21-9-12-23(13-10-21)35-19-33-36(27(35)37)24-7-2-3-8-24/h4,6,9-15,17-20,24,38H,2-3,5,7-8,16H2,1H3/b6-4+/t20-,28+/m0/s1. The van der Waals surface area contributed by atoms with Crippen LogP contribution in [0.4, 0.5) is 8.78 Å². The fraction of sp³-hybridized carbons (Fsp3) is 0.357. The Morgan fingerprint density at radius 3 is 2.55 bits per heavy atom. The lowest BCUT2D eigenvalue weighted by Crippen LogP contribution is -2.39. The third-order valence-electron chi connectivity index (χ3n) is 7.42. The van der Waals surface area contributed by atoms with Crippen molar-refractivity contribution in [1.29, 1.82) is 0 Å². The molecule has 198 valence electrons. The van der Waals surface area contributed by atoms with Crippen LogP contribution in [0.25, 0.3) is 11.8 Å². The van der Waals surface area contributed by atoms with Gasteiger partial charge in [0.2, 0.25) is 0 Å². The van der Waals surface area contributed by atoms with Gasteiger partial charge in [0.05, 0.1) is 18.3 Å². The highest BCUT2D eigenvalue weighted by atomic mass is 19.1. The molecule has 4 aromatic rings. The SMILES string of the molecule is C[C@@H](C/C=C/c1ccc(-n2cnn(C3CCCC3)c2=O)cc1)[C@](O)(Cn1cncn1)c1ccc(F)cc1F. The molecule has 0 aliphatic heterocycles. The lowest BCUT2D eigenvalue weighted by molar-refractivity contribution is -0.0379. The van der Waals surface area contributed by atoms with Gasteiger partial charge in [0, 0.05) is 11.6 Å². The molecule has 0 spiro atoms. The minimum Gasteiger partial charge on any atom is -0.383 e. The largest absolute Gasteiger partial charge is 0.383 e. The topological polar surface area (TPSA) is 90.8 Å². The van der Waals surface area contributed by atoms with Crippen molar-refractivity contribution >= 4 is 6.08 Å². The first-order valence-corrected chi connectivity index (χ1v) is 12.8.